The predicted octanol–water partition coefficient (Wildman–Crippen LogP) is 2.48. The monoisotopic (exact) mass is 259 g/mol. The molecule has 0 aliphatic carbocycles. The van der Waals surface area contributed by atoms with Gasteiger partial charge in [-0.25, -0.2) is 5.43 Å². The Bertz CT molecular complexity index is 576. The SMILES string of the molecule is C/C(=N\NC(=O)c1cccs1)c1cccc(N)c1. The van der Waals surface area contributed by atoms with E-state index in [2.05, 4.69) is 10.5 Å². The minimum Gasteiger partial charge on any atom is -0.399 e. The molecule has 0 fully saturated rings. The highest BCUT2D eigenvalue weighted by atomic mass is 32.1. The molecule has 0 aliphatic heterocycles. The number of nitrogens with zero attached hydrogens (tertiary/aromatic N) is 1. The summed E-state index contributed by atoms with van der Waals surface area (Å²) >= 11 is 1.38. The first kappa shape index (κ1) is 12.3. The second kappa shape index (κ2) is 5.46. The first-order valence-electron chi connectivity index (χ1n) is 5.41. The van der Waals surface area contributed by atoms with Crippen LogP contribution in [0.2, 0.25) is 0 Å². The maximum absolute atomic E-state index is 11.7. The van der Waals surface area contributed by atoms with Crippen molar-refractivity contribution in [3.8, 4) is 0 Å². The van der Waals surface area contributed by atoms with Crippen LogP contribution < -0.4 is 11.2 Å². The van der Waals surface area contributed by atoms with E-state index in [4.69, 9.17) is 5.73 Å². The number of hydrazone groups is 1. The highest BCUT2D eigenvalue weighted by Crippen LogP contribution is 2.09. The molecule has 0 saturated carbocycles. The van der Waals surface area contributed by atoms with Crippen molar-refractivity contribution in [1.82, 2.24) is 5.43 Å². The van der Waals surface area contributed by atoms with Crippen molar-refractivity contribution in [2.24, 2.45) is 5.10 Å². The Kier molecular flexibility index (Phi) is 3.74. The van der Waals surface area contributed by atoms with Gasteiger partial charge in [-0.2, -0.15) is 5.10 Å². The van der Waals surface area contributed by atoms with E-state index in [9.17, 15) is 4.79 Å². The normalized spacial score (nSPS) is 11.3. The molecule has 1 heterocycles. The van der Waals surface area contributed by atoms with Gasteiger partial charge in [0.05, 0.1) is 10.6 Å². The average Bonchev–Trinajstić information content (AvgIpc) is 2.89. The maximum Gasteiger partial charge on any atom is 0.281 e. The number of anilines is 1. The average molecular weight is 259 g/mol. The van der Waals surface area contributed by atoms with Crippen LogP contribution in [0.3, 0.4) is 0 Å². The maximum atomic E-state index is 11.7. The lowest BCUT2D eigenvalue weighted by molar-refractivity contribution is 0.0959. The van der Waals surface area contributed by atoms with Gasteiger partial charge < -0.3 is 5.73 Å². The number of thiophene rings is 1. The van der Waals surface area contributed by atoms with Crippen LogP contribution in [0.4, 0.5) is 5.69 Å². The first-order chi connectivity index (χ1) is 8.66. The number of hydrogen-bond acceptors (Lipinski definition) is 4. The predicted molar refractivity (Wildman–Crippen MR) is 74.9 cm³/mol. The van der Waals surface area contributed by atoms with Gasteiger partial charge >= 0.3 is 0 Å². The zero-order valence-electron chi connectivity index (χ0n) is 9.88. The van der Waals surface area contributed by atoms with Crippen LogP contribution >= 0.6 is 11.3 Å². The molecule has 3 N–H and O–H groups in total. The van der Waals surface area contributed by atoms with E-state index in [-0.39, 0.29) is 5.91 Å². The lowest BCUT2D eigenvalue weighted by Crippen LogP contribution is -2.18. The number of nitrogens with two attached hydrogens (primary N) is 1. The van der Waals surface area contributed by atoms with E-state index >= 15 is 0 Å². The van der Waals surface area contributed by atoms with Crippen LogP contribution in [0.1, 0.15) is 22.2 Å². The molecule has 2 aromatic rings. The Hall–Kier alpha value is -2.14. The fraction of sp³-hybridized carbons (Fsp3) is 0.0769. The number of carbonyl (C=O) groups is 1. The van der Waals surface area contributed by atoms with E-state index in [0.29, 0.717) is 16.3 Å². The summed E-state index contributed by atoms with van der Waals surface area (Å²) in [5.74, 6) is -0.201. The Morgan fingerprint density at radius 2 is 2.17 bits per heavy atom. The van der Waals surface area contributed by atoms with E-state index in [0.717, 1.165) is 5.56 Å². The molecule has 0 spiro atoms. The van der Waals surface area contributed by atoms with E-state index in [1.165, 1.54) is 11.3 Å². The molecule has 0 unspecified atom stereocenters. The summed E-state index contributed by atoms with van der Waals surface area (Å²) in [7, 11) is 0. The second-order valence-corrected chi connectivity index (χ2v) is 4.69. The van der Waals surface area contributed by atoms with Crippen LogP contribution in [0.5, 0.6) is 0 Å². The molecule has 0 radical (unpaired) electrons. The molecule has 4 nitrogen and oxygen atoms in total. The van der Waals surface area contributed by atoms with Crippen molar-refractivity contribution in [3.63, 3.8) is 0 Å². The molecule has 0 atom stereocenters. The molecule has 18 heavy (non-hydrogen) atoms. The minimum atomic E-state index is -0.201. The Morgan fingerprint density at radius 1 is 1.33 bits per heavy atom. The molecule has 1 aromatic carbocycles. The van der Waals surface area contributed by atoms with Gasteiger partial charge in [-0.1, -0.05) is 18.2 Å². The lowest BCUT2D eigenvalue weighted by Gasteiger charge is -2.02. The Balaban J connectivity index is 2.08. The quantitative estimate of drug-likeness (QED) is 0.505. The molecular formula is C13H13N3OS. The molecule has 1 amide bonds. The number of nitrogen functional groups attached to an aromatic ring is 1. The highest BCUT2D eigenvalue weighted by molar-refractivity contribution is 7.12. The Morgan fingerprint density at radius 3 is 2.83 bits per heavy atom. The number of amides is 1. The smallest absolute Gasteiger partial charge is 0.281 e. The second-order valence-electron chi connectivity index (χ2n) is 3.74. The minimum absolute atomic E-state index is 0.201. The topological polar surface area (TPSA) is 67.5 Å². The zero-order valence-corrected chi connectivity index (χ0v) is 10.7. The fourth-order valence-corrected chi connectivity index (χ4v) is 2.04. The largest absolute Gasteiger partial charge is 0.399 e. The molecule has 5 heteroatoms. The molecule has 2 rings (SSSR count). The third kappa shape index (κ3) is 2.95. The molecular weight excluding hydrogens is 246 g/mol. The van der Waals surface area contributed by atoms with Crippen molar-refractivity contribution >= 4 is 28.6 Å². The standard InChI is InChI=1S/C13H13N3OS/c1-9(10-4-2-5-11(14)8-10)15-16-13(17)12-6-3-7-18-12/h2-8H,14H2,1H3,(H,16,17)/b15-9+. The number of benzene rings is 1. The van der Waals surface area contributed by atoms with Crippen molar-refractivity contribution in [1.29, 1.82) is 0 Å². The summed E-state index contributed by atoms with van der Waals surface area (Å²) in [6, 6.07) is 11.0. The van der Waals surface area contributed by atoms with Gasteiger partial charge in [-0.05, 0) is 36.1 Å². The molecule has 0 saturated heterocycles. The van der Waals surface area contributed by atoms with Crippen molar-refractivity contribution in [2.45, 2.75) is 6.92 Å². The molecule has 0 bridgehead atoms. The van der Waals surface area contributed by atoms with Gasteiger partial charge in [0.15, 0.2) is 0 Å². The van der Waals surface area contributed by atoms with Crippen molar-refractivity contribution in [3.05, 3.63) is 52.2 Å². The van der Waals surface area contributed by atoms with Gasteiger partial charge in [0.2, 0.25) is 0 Å². The highest BCUT2D eigenvalue weighted by Gasteiger charge is 2.05. The summed E-state index contributed by atoms with van der Waals surface area (Å²) in [6.45, 7) is 1.82. The van der Waals surface area contributed by atoms with E-state index in [1.54, 1.807) is 12.1 Å². The summed E-state index contributed by atoms with van der Waals surface area (Å²) in [6.07, 6.45) is 0. The Labute approximate surface area is 109 Å². The van der Waals surface area contributed by atoms with Crippen LogP contribution in [-0.2, 0) is 0 Å². The van der Waals surface area contributed by atoms with Gasteiger partial charge in [-0.15, -0.1) is 11.3 Å². The zero-order chi connectivity index (χ0) is 13.0. The molecule has 92 valence electrons. The van der Waals surface area contributed by atoms with E-state index in [1.807, 2.05) is 36.6 Å². The first-order valence-corrected chi connectivity index (χ1v) is 6.29. The van der Waals surface area contributed by atoms with E-state index < -0.39 is 0 Å². The van der Waals surface area contributed by atoms with Crippen LogP contribution in [0.25, 0.3) is 0 Å². The van der Waals surface area contributed by atoms with Gasteiger partial charge in [-0.3, -0.25) is 4.79 Å². The van der Waals surface area contributed by atoms with Gasteiger partial charge in [0.1, 0.15) is 0 Å². The fourth-order valence-electron chi connectivity index (χ4n) is 1.43. The van der Waals surface area contributed by atoms with Gasteiger partial charge in [0, 0.05) is 5.69 Å². The van der Waals surface area contributed by atoms with Crippen LogP contribution in [0, 0.1) is 0 Å². The summed E-state index contributed by atoms with van der Waals surface area (Å²) < 4.78 is 0. The van der Waals surface area contributed by atoms with Crippen LogP contribution in [0.15, 0.2) is 46.9 Å². The summed E-state index contributed by atoms with van der Waals surface area (Å²) in [5, 5.41) is 5.91. The number of rotatable bonds is 3. The third-order valence-electron chi connectivity index (χ3n) is 2.37. The van der Waals surface area contributed by atoms with Crippen molar-refractivity contribution < 1.29 is 4.79 Å². The molecule has 0 aliphatic rings. The summed E-state index contributed by atoms with van der Waals surface area (Å²) in [5.41, 5.74) is 10.5. The molecule has 1 aromatic heterocycles. The van der Waals surface area contributed by atoms with Crippen LogP contribution in [-0.4, -0.2) is 11.6 Å². The number of hydrogen-bond donors (Lipinski definition) is 2. The van der Waals surface area contributed by atoms with Crippen molar-refractivity contribution in [2.75, 3.05) is 5.73 Å². The van der Waals surface area contributed by atoms with Gasteiger partial charge in [0.25, 0.3) is 5.91 Å². The third-order valence-corrected chi connectivity index (χ3v) is 3.24. The lowest BCUT2D eigenvalue weighted by atomic mass is 10.1. The number of nitrogens with one attached hydrogen (secondary N) is 1. The number of carbonyl (C=O) groups excluding carboxylic acids is 1. The summed E-state index contributed by atoms with van der Waals surface area (Å²) in [4.78, 5) is 12.3.